The number of aromatic hydroxyl groups is 1. The van der Waals surface area contributed by atoms with Gasteiger partial charge in [0.05, 0.1) is 6.26 Å². The van der Waals surface area contributed by atoms with Gasteiger partial charge in [0.15, 0.2) is 0 Å². The number of para-hydroxylation sites is 1. The van der Waals surface area contributed by atoms with Crippen molar-refractivity contribution in [2.75, 3.05) is 37.3 Å². The predicted octanol–water partition coefficient (Wildman–Crippen LogP) is 3.71. The highest BCUT2D eigenvalue weighted by Gasteiger charge is 2.24. The van der Waals surface area contributed by atoms with E-state index in [1.807, 2.05) is 36.4 Å². The van der Waals surface area contributed by atoms with E-state index in [2.05, 4.69) is 25.7 Å². The average Bonchev–Trinajstić information content (AvgIpc) is 2.76. The normalized spacial score (nSPS) is 17.1. The summed E-state index contributed by atoms with van der Waals surface area (Å²) in [6.45, 7) is 10.6. The molecule has 2 aromatic carbocycles. The first-order valence-electron chi connectivity index (χ1n) is 11.7. The molecule has 0 aromatic heterocycles. The Hall–Kier alpha value is -2.42. The lowest BCUT2D eigenvalue weighted by molar-refractivity contribution is -0.116. The second-order valence-corrected chi connectivity index (χ2v) is 12.1. The second kappa shape index (κ2) is 10.5. The Bertz CT molecular complexity index is 1130. The van der Waals surface area contributed by atoms with Crippen LogP contribution in [0.2, 0.25) is 0 Å². The molecule has 1 aliphatic rings. The van der Waals surface area contributed by atoms with E-state index in [1.54, 1.807) is 17.9 Å². The summed E-state index contributed by atoms with van der Waals surface area (Å²) in [5.74, 6) is 0.153. The predicted molar refractivity (Wildman–Crippen MR) is 136 cm³/mol. The number of nitrogens with zero attached hydrogens (tertiary/aromatic N) is 3. The van der Waals surface area contributed by atoms with Gasteiger partial charge in [0.1, 0.15) is 5.75 Å². The van der Waals surface area contributed by atoms with E-state index in [1.165, 1.54) is 10.6 Å². The van der Waals surface area contributed by atoms with Crippen LogP contribution in [-0.2, 0) is 33.3 Å². The molecular weight excluding hydrogens is 450 g/mol. The Morgan fingerprint density at radius 2 is 1.74 bits per heavy atom. The fourth-order valence-corrected chi connectivity index (χ4v) is 5.21. The number of benzene rings is 2. The molecule has 0 bridgehead atoms. The number of anilines is 1. The van der Waals surface area contributed by atoms with Crippen molar-refractivity contribution in [2.45, 2.75) is 52.6 Å². The Labute approximate surface area is 204 Å². The van der Waals surface area contributed by atoms with Crippen molar-refractivity contribution in [3.05, 3.63) is 59.2 Å². The van der Waals surface area contributed by atoms with Crippen LogP contribution < -0.4 is 4.90 Å². The van der Waals surface area contributed by atoms with Crippen LogP contribution >= 0.6 is 0 Å². The smallest absolute Gasteiger partial charge is 0.223 e. The van der Waals surface area contributed by atoms with Crippen LogP contribution in [0.1, 0.15) is 50.8 Å². The van der Waals surface area contributed by atoms with E-state index in [0.29, 0.717) is 45.7 Å². The Morgan fingerprint density at radius 3 is 2.38 bits per heavy atom. The van der Waals surface area contributed by atoms with Gasteiger partial charge in [-0.1, -0.05) is 51.1 Å². The average molecular weight is 488 g/mol. The Kier molecular flexibility index (Phi) is 8.06. The van der Waals surface area contributed by atoms with Gasteiger partial charge in [-0.2, -0.15) is 0 Å². The maximum absolute atomic E-state index is 12.5. The second-order valence-electron chi connectivity index (χ2n) is 10.1. The minimum atomic E-state index is -3.39. The van der Waals surface area contributed by atoms with Gasteiger partial charge in [-0.15, -0.1) is 0 Å². The molecule has 186 valence electrons. The summed E-state index contributed by atoms with van der Waals surface area (Å²) in [7, 11) is -3.39. The van der Waals surface area contributed by atoms with Crippen LogP contribution in [0.5, 0.6) is 5.75 Å². The Morgan fingerprint density at radius 1 is 1.03 bits per heavy atom. The van der Waals surface area contributed by atoms with Gasteiger partial charge in [0, 0.05) is 57.4 Å². The lowest BCUT2D eigenvalue weighted by atomic mass is 9.86. The number of phenolic OH excluding ortho intramolecular Hbond substituents is 1. The first kappa shape index (κ1) is 26.2. The van der Waals surface area contributed by atoms with Gasteiger partial charge in [0.2, 0.25) is 15.9 Å². The number of rotatable bonds is 3. The van der Waals surface area contributed by atoms with E-state index in [9.17, 15) is 18.3 Å². The number of sulfonamides is 1. The Balaban J connectivity index is 2.01. The summed E-state index contributed by atoms with van der Waals surface area (Å²) in [4.78, 5) is 16.4. The first-order valence-corrected chi connectivity index (χ1v) is 13.6. The zero-order valence-corrected chi connectivity index (χ0v) is 21.7. The molecule has 3 rings (SSSR count). The summed E-state index contributed by atoms with van der Waals surface area (Å²) in [5, 5.41) is 10.6. The van der Waals surface area contributed by atoms with Gasteiger partial charge >= 0.3 is 0 Å². The molecule has 1 amide bonds. The summed E-state index contributed by atoms with van der Waals surface area (Å²) >= 11 is 0. The summed E-state index contributed by atoms with van der Waals surface area (Å²) in [5.41, 5.74) is 3.71. The summed E-state index contributed by atoms with van der Waals surface area (Å²) in [6, 6.07) is 13.5. The molecule has 0 fully saturated rings. The van der Waals surface area contributed by atoms with E-state index >= 15 is 0 Å². The van der Waals surface area contributed by atoms with E-state index in [0.717, 1.165) is 22.4 Å². The van der Waals surface area contributed by atoms with Crippen LogP contribution in [0, 0.1) is 0 Å². The van der Waals surface area contributed by atoms with Gasteiger partial charge in [-0.05, 0) is 35.1 Å². The van der Waals surface area contributed by atoms with Gasteiger partial charge in [-0.3, -0.25) is 9.69 Å². The highest BCUT2D eigenvalue weighted by Crippen LogP contribution is 2.30. The molecule has 0 radical (unpaired) electrons. The molecule has 0 aliphatic carbocycles. The van der Waals surface area contributed by atoms with E-state index in [4.69, 9.17) is 0 Å². The lowest BCUT2D eigenvalue weighted by Gasteiger charge is -2.28. The highest BCUT2D eigenvalue weighted by molar-refractivity contribution is 7.88. The molecule has 0 spiro atoms. The molecule has 1 heterocycles. The number of amides is 1. The quantitative estimate of drug-likeness (QED) is 0.714. The van der Waals surface area contributed by atoms with Crippen molar-refractivity contribution in [1.29, 1.82) is 0 Å². The molecule has 1 N–H and O–H groups in total. The minimum Gasteiger partial charge on any atom is -0.508 e. The number of hydrogen-bond donors (Lipinski definition) is 1. The molecule has 2 aromatic rings. The van der Waals surface area contributed by atoms with Crippen molar-refractivity contribution >= 4 is 21.6 Å². The molecular formula is C26H37N3O4S. The van der Waals surface area contributed by atoms with Crippen molar-refractivity contribution in [1.82, 2.24) is 9.21 Å². The fourth-order valence-electron chi connectivity index (χ4n) is 4.33. The van der Waals surface area contributed by atoms with E-state index < -0.39 is 10.0 Å². The number of carbonyl (C=O) groups excluding carboxylic acids is 1. The van der Waals surface area contributed by atoms with Gasteiger partial charge in [0.25, 0.3) is 0 Å². The number of phenols is 1. The van der Waals surface area contributed by atoms with Crippen molar-refractivity contribution < 1.29 is 18.3 Å². The molecule has 34 heavy (non-hydrogen) atoms. The van der Waals surface area contributed by atoms with Crippen LogP contribution in [0.15, 0.2) is 42.5 Å². The first-order chi connectivity index (χ1) is 15.9. The minimum absolute atomic E-state index is 0.0618. The summed E-state index contributed by atoms with van der Waals surface area (Å²) in [6.07, 6.45) is 1.78. The number of hydrogen-bond acceptors (Lipinski definition) is 5. The fraction of sp³-hybridized carbons (Fsp3) is 0.500. The molecule has 0 saturated heterocycles. The van der Waals surface area contributed by atoms with E-state index in [-0.39, 0.29) is 17.1 Å². The van der Waals surface area contributed by atoms with Gasteiger partial charge < -0.3 is 10.0 Å². The van der Waals surface area contributed by atoms with Crippen molar-refractivity contribution in [2.24, 2.45) is 0 Å². The third-order valence-electron chi connectivity index (χ3n) is 6.32. The van der Waals surface area contributed by atoms with Crippen LogP contribution in [0.4, 0.5) is 5.69 Å². The lowest BCUT2D eigenvalue weighted by Crippen LogP contribution is -2.39. The third-order valence-corrected chi connectivity index (χ3v) is 7.62. The number of carbonyl (C=O) groups is 1. The van der Waals surface area contributed by atoms with Gasteiger partial charge in [-0.25, -0.2) is 12.7 Å². The van der Waals surface area contributed by atoms with Crippen LogP contribution in [-0.4, -0.2) is 61.1 Å². The summed E-state index contributed by atoms with van der Waals surface area (Å²) < 4.78 is 26.3. The standard InChI is InChI=1S/C26H37N3O4S/c1-20(30)29-14-8-13-28(34(5,32)33)16-15-27(18-21-9-6-7-10-24(21)29)19-22-17-23(26(2,3)4)11-12-25(22)31/h6-7,9-12,17,31H,8,13-16,18-19H2,1-5H3. The highest BCUT2D eigenvalue weighted by atomic mass is 32.2. The zero-order valence-electron chi connectivity index (χ0n) is 20.9. The molecule has 1 aliphatic heterocycles. The van der Waals surface area contributed by atoms with Crippen LogP contribution in [0.3, 0.4) is 0 Å². The molecule has 0 unspecified atom stereocenters. The monoisotopic (exact) mass is 487 g/mol. The third kappa shape index (κ3) is 6.58. The maximum atomic E-state index is 12.5. The van der Waals surface area contributed by atoms with Crippen LogP contribution in [0.25, 0.3) is 0 Å². The largest absolute Gasteiger partial charge is 0.508 e. The maximum Gasteiger partial charge on any atom is 0.223 e. The molecule has 7 nitrogen and oxygen atoms in total. The molecule has 0 atom stereocenters. The van der Waals surface area contributed by atoms with Crippen molar-refractivity contribution in [3.8, 4) is 5.75 Å². The number of fused-ring (bicyclic) bond motifs is 1. The van der Waals surface area contributed by atoms with Crippen molar-refractivity contribution in [3.63, 3.8) is 0 Å². The SMILES string of the molecule is CC(=O)N1CCCN(S(C)(=O)=O)CCN(Cc2cc(C(C)(C)C)ccc2O)Cc2ccccc21. The topological polar surface area (TPSA) is 81.2 Å². The zero-order chi connectivity index (χ0) is 25.1. The molecule has 0 saturated carbocycles. The molecule has 8 heteroatoms.